The van der Waals surface area contributed by atoms with Crippen LogP contribution in [0.3, 0.4) is 0 Å². The SMILES string of the molecule is CCCCCOc1ccc(CCCC(C)N)cc1. The maximum Gasteiger partial charge on any atom is 0.119 e. The summed E-state index contributed by atoms with van der Waals surface area (Å²) in [4.78, 5) is 0. The van der Waals surface area contributed by atoms with E-state index in [2.05, 4.69) is 38.1 Å². The lowest BCUT2D eigenvalue weighted by molar-refractivity contribution is 0.306. The zero-order valence-corrected chi connectivity index (χ0v) is 11.8. The lowest BCUT2D eigenvalue weighted by atomic mass is 10.1. The minimum absolute atomic E-state index is 0.311. The summed E-state index contributed by atoms with van der Waals surface area (Å²) in [6, 6.07) is 8.79. The molecule has 0 aromatic heterocycles. The van der Waals surface area contributed by atoms with Gasteiger partial charge in [0.2, 0.25) is 0 Å². The first-order valence-corrected chi connectivity index (χ1v) is 7.19. The number of hydrogen-bond acceptors (Lipinski definition) is 2. The molecule has 0 fully saturated rings. The third-order valence-corrected chi connectivity index (χ3v) is 3.06. The molecule has 102 valence electrons. The van der Waals surface area contributed by atoms with Crippen molar-refractivity contribution in [3.8, 4) is 5.75 Å². The molecule has 2 nitrogen and oxygen atoms in total. The lowest BCUT2D eigenvalue weighted by Crippen LogP contribution is -2.14. The summed E-state index contributed by atoms with van der Waals surface area (Å²) < 4.78 is 5.69. The number of ether oxygens (including phenoxy) is 1. The highest BCUT2D eigenvalue weighted by atomic mass is 16.5. The highest BCUT2D eigenvalue weighted by Crippen LogP contribution is 2.14. The van der Waals surface area contributed by atoms with Crippen LogP contribution in [0, 0.1) is 0 Å². The van der Waals surface area contributed by atoms with E-state index in [-0.39, 0.29) is 0 Å². The molecule has 0 amide bonds. The van der Waals surface area contributed by atoms with Gasteiger partial charge in [-0.1, -0.05) is 31.9 Å². The van der Waals surface area contributed by atoms with E-state index in [9.17, 15) is 0 Å². The Balaban J connectivity index is 2.24. The fourth-order valence-electron chi connectivity index (χ4n) is 1.92. The van der Waals surface area contributed by atoms with E-state index in [1.54, 1.807) is 0 Å². The first kappa shape index (κ1) is 15.0. The van der Waals surface area contributed by atoms with E-state index in [0.29, 0.717) is 6.04 Å². The molecule has 1 aromatic rings. The normalized spacial score (nSPS) is 12.4. The second-order valence-electron chi connectivity index (χ2n) is 5.07. The number of nitrogens with two attached hydrogens (primary N) is 1. The predicted molar refractivity (Wildman–Crippen MR) is 78.0 cm³/mol. The Hall–Kier alpha value is -1.02. The summed E-state index contributed by atoms with van der Waals surface area (Å²) in [7, 11) is 0. The van der Waals surface area contributed by atoms with Gasteiger partial charge in [-0.05, 0) is 50.3 Å². The van der Waals surface area contributed by atoms with E-state index < -0.39 is 0 Å². The monoisotopic (exact) mass is 249 g/mol. The van der Waals surface area contributed by atoms with Crippen molar-refractivity contribution < 1.29 is 4.74 Å². The average Bonchev–Trinajstić information content (AvgIpc) is 2.36. The summed E-state index contributed by atoms with van der Waals surface area (Å²) in [5.41, 5.74) is 7.11. The number of benzene rings is 1. The minimum Gasteiger partial charge on any atom is -0.494 e. The van der Waals surface area contributed by atoms with Gasteiger partial charge >= 0.3 is 0 Å². The average molecular weight is 249 g/mol. The van der Waals surface area contributed by atoms with Crippen molar-refractivity contribution in [3.05, 3.63) is 29.8 Å². The minimum atomic E-state index is 0.311. The van der Waals surface area contributed by atoms with Gasteiger partial charge < -0.3 is 10.5 Å². The fourth-order valence-corrected chi connectivity index (χ4v) is 1.92. The van der Waals surface area contributed by atoms with Crippen LogP contribution in [0.15, 0.2) is 24.3 Å². The summed E-state index contributed by atoms with van der Waals surface area (Å²) in [5, 5.41) is 0. The molecule has 0 aliphatic rings. The van der Waals surface area contributed by atoms with Gasteiger partial charge in [0.15, 0.2) is 0 Å². The Morgan fingerprint density at radius 1 is 1.11 bits per heavy atom. The first-order chi connectivity index (χ1) is 8.72. The van der Waals surface area contributed by atoms with E-state index in [0.717, 1.165) is 38.0 Å². The van der Waals surface area contributed by atoms with Gasteiger partial charge in [-0.15, -0.1) is 0 Å². The Bertz CT molecular complexity index is 305. The Morgan fingerprint density at radius 3 is 2.44 bits per heavy atom. The molecule has 0 spiro atoms. The largest absolute Gasteiger partial charge is 0.494 e. The van der Waals surface area contributed by atoms with Gasteiger partial charge in [-0.25, -0.2) is 0 Å². The highest BCUT2D eigenvalue weighted by molar-refractivity contribution is 5.27. The van der Waals surface area contributed by atoms with E-state index >= 15 is 0 Å². The molecule has 2 N–H and O–H groups in total. The van der Waals surface area contributed by atoms with Crippen molar-refractivity contribution >= 4 is 0 Å². The summed E-state index contributed by atoms with van der Waals surface area (Å²) >= 11 is 0. The van der Waals surface area contributed by atoms with E-state index in [1.165, 1.54) is 18.4 Å². The highest BCUT2D eigenvalue weighted by Gasteiger charge is 1.98. The molecule has 0 aliphatic heterocycles. The molecule has 1 aromatic carbocycles. The van der Waals surface area contributed by atoms with Crippen molar-refractivity contribution in [2.45, 2.75) is 58.4 Å². The van der Waals surface area contributed by atoms with Gasteiger partial charge in [-0.2, -0.15) is 0 Å². The van der Waals surface area contributed by atoms with Crippen molar-refractivity contribution in [2.24, 2.45) is 5.73 Å². The third-order valence-electron chi connectivity index (χ3n) is 3.06. The number of unbranched alkanes of at least 4 members (excludes halogenated alkanes) is 2. The van der Waals surface area contributed by atoms with Crippen LogP contribution in [-0.4, -0.2) is 12.6 Å². The van der Waals surface area contributed by atoms with Crippen LogP contribution in [-0.2, 0) is 6.42 Å². The molecule has 18 heavy (non-hydrogen) atoms. The maximum absolute atomic E-state index is 5.74. The molecular formula is C16H27NO. The Labute approximate surface area is 112 Å². The van der Waals surface area contributed by atoms with Crippen LogP contribution in [0.5, 0.6) is 5.75 Å². The van der Waals surface area contributed by atoms with Crippen molar-refractivity contribution in [1.29, 1.82) is 0 Å². The maximum atomic E-state index is 5.74. The molecule has 0 aliphatic carbocycles. The molecule has 1 rings (SSSR count). The van der Waals surface area contributed by atoms with Crippen LogP contribution in [0.4, 0.5) is 0 Å². The summed E-state index contributed by atoms with van der Waals surface area (Å²) in [6.07, 6.45) is 6.99. The first-order valence-electron chi connectivity index (χ1n) is 7.19. The molecule has 0 bridgehead atoms. The van der Waals surface area contributed by atoms with Crippen molar-refractivity contribution in [1.82, 2.24) is 0 Å². The number of hydrogen-bond donors (Lipinski definition) is 1. The zero-order chi connectivity index (χ0) is 13.2. The number of rotatable bonds is 9. The fraction of sp³-hybridized carbons (Fsp3) is 0.625. The van der Waals surface area contributed by atoms with Crippen LogP contribution >= 0.6 is 0 Å². The predicted octanol–water partition coefficient (Wildman–Crippen LogP) is 3.93. The molecular weight excluding hydrogens is 222 g/mol. The molecule has 2 heteroatoms. The van der Waals surface area contributed by atoms with Crippen LogP contribution in [0.25, 0.3) is 0 Å². The van der Waals surface area contributed by atoms with E-state index in [4.69, 9.17) is 10.5 Å². The molecule has 0 heterocycles. The molecule has 0 saturated heterocycles. The topological polar surface area (TPSA) is 35.2 Å². The van der Waals surface area contributed by atoms with Gasteiger partial charge in [0, 0.05) is 6.04 Å². The van der Waals surface area contributed by atoms with Crippen molar-refractivity contribution in [2.75, 3.05) is 6.61 Å². The molecule has 1 atom stereocenters. The van der Waals surface area contributed by atoms with Gasteiger partial charge in [0.1, 0.15) is 5.75 Å². The second kappa shape index (κ2) is 8.98. The Kier molecular flexibility index (Phi) is 7.51. The summed E-state index contributed by atoms with van der Waals surface area (Å²) in [5.74, 6) is 0.988. The van der Waals surface area contributed by atoms with Gasteiger partial charge in [0.05, 0.1) is 6.61 Å². The van der Waals surface area contributed by atoms with E-state index in [1.807, 2.05) is 0 Å². The second-order valence-corrected chi connectivity index (χ2v) is 5.07. The van der Waals surface area contributed by atoms with Crippen molar-refractivity contribution in [3.63, 3.8) is 0 Å². The van der Waals surface area contributed by atoms with Crippen LogP contribution in [0.1, 0.15) is 51.5 Å². The lowest BCUT2D eigenvalue weighted by Gasteiger charge is -2.08. The van der Waals surface area contributed by atoms with Crippen LogP contribution in [0.2, 0.25) is 0 Å². The van der Waals surface area contributed by atoms with Gasteiger partial charge in [0.25, 0.3) is 0 Å². The van der Waals surface area contributed by atoms with Gasteiger partial charge in [-0.3, -0.25) is 0 Å². The van der Waals surface area contributed by atoms with Crippen LogP contribution < -0.4 is 10.5 Å². The standard InChI is InChI=1S/C16H27NO/c1-3-4-5-13-18-16-11-9-15(10-12-16)8-6-7-14(2)17/h9-12,14H,3-8,13,17H2,1-2H3. The Morgan fingerprint density at radius 2 is 1.83 bits per heavy atom. The molecule has 0 radical (unpaired) electrons. The summed E-state index contributed by atoms with van der Waals surface area (Å²) in [6.45, 7) is 5.10. The smallest absolute Gasteiger partial charge is 0.119 e. The zero-order valence-electron chi connectivity index (χ0n) is 11.8. The molecule has 0 saturated carbocycles. The quantitative estimate of drug-likeness (QED) is 0.673. The molecule has 1 unspecified atom stereocenters. The number of aryl methyl sites for hydroxylation is 1. The third kappa shape index (κ3) is 6.65.